The molecule has 2 aromatic heterocycles. The van der Waals surface area contributed by atoms with Crippen LogP contribution >= 0.6 is 23.1 Å². The van der Waals surface area contributed by atoms with Gasteiger partial charge in [-0.1, -0.05) is 53.4 Å². The van der Waals surface area contributed by atoms with Gasteiger partial charge in [0, 0.05) is 12.6 Å². The second kappa shape index (κ2) is 8.67. The zero-order valence-electron chi connectivity index (χ0n) is 14.5. The molecule has 0 saturated carbocycles. The Labute approximate surface area is 167 Å². The fourth-order valence-corrected chi connectivity index (χ4v) is 4.08. The van der Waals surface area contributed by atoms with Crippen LogP contribution < -0.4 is 10.6 Å². The molecule has 1 aromatic carbocycles. The minimum Gasteiger partial charge on any atom is -0.395 e. The zero-order chi connectivity index (χ0) is 20.1. The van der Waals surface area contributed by atoms with E-state index in [0.29, 0.717) is 15.0 Å². The predicted molar refractivity (Wildman–Crippen MR) is 106 cm³/mol. The van der Waals surface area contributed by atoms with Crippen molar-refractivity contribution in [2.24, 2.45) is 0 Å². The lowest BCUT2D eigenvalue weighted by Crippen LogP contribution is -2.19. The Morgan fingerprint density at radius 3 is 2.64 bits per heavy atom. The molecular formula is C17H14N4O5S2. The minimum absolute atomic E-state index is 0.144. The van der Waals surface area contributed by atoms with Crippen molar-refractivity contribution < 1.29 is 18.9 Å². The fourth-order valence-electron chi connectivity index (χ4n) is 2.15. The number of thioether (sulfide) groups is 1. The molecule has 0 aliphatic rings. The largest absolute Gasteiger partial charge is 0.433 e. The van der Waals surface area contributed by atoms with Gasteiger partial charge in [0.15, 0.2) is 10.1 Å². The van der Waals surface area contributed by atoms with Crippen LogP contribution in [-0.2, 0) is 4.79 Å². The van der Waals surface area contributed by atoms with E-state index in [2.05, 4.69) is 15.6 Å². The van der Waals surface area contributed by atoms with Gasteiger partial charge in [-0.3, -0.25) is 19.7 Å². The van der Waals surface area contributed by atoms with E-state index in [1.165, 1.54) is 29.2 Å². The number of amides is 2. The van der Waals surface area contributed by atoms with E-state index in [9.17, 15) is 19.7 Å². The van der Waals surface area contributed by atoms with Crippen LogP contribution in [0.1, 0.15) is 10.6 Å². The maximum atomic E-state index is 12.4. The molecular weight excluding hydrogens is 404 g/mol. The third kappa shape index (κ3) is 4.56. The highest BCUT2D eigenvalue weighted by Crippen LogP contribution is 2.37. The normalized spacial score (nSPS) is 10.5. The van der Waals surface area contributed by atoms with Crippen molar-refractivity contribution in [3.8, 4) is 11.3 Å². The number of hydrogen-bond acceptors (Lipinski definition) is 8. The fraction of sp³-hybridized carbons (Fsp3) is 0.118. The number of nitrogens with zero attached hydrogens (tertiary/aromatic N) is 2. The highest BCUT2D eigenvalue weighted by Gasteiger charge is 2.21. The van der Waals surface area contributed by atoms with E-state index in [1.54, 1.807) is 7.05 Å². The summed E-state index contributed by atoms with van der Waals surface area (Å²) in [5.41, 5.74) is 1.32. The quantitative estimate of drug-likeness (QED) is 0.342. The van der Waals surface area contributed by atoms with Gasteiger partial charge in [0.25, 0.3) is 5.91 Å². The summed E-state index contributed by atoms with van der Waals surface area (Å²) in [6.45, 7) is 0. The summed E-state index contributed by atoms with van der Waals surface area (Å²) in [4.78, 5) is 38.4. The van der Waals surface area contributed by atoms with Crippen molar-refractivity contribution in [3.63, 3.8) is 0 Å². The van der Waals surface area contributed by atoms with Gasteiger partial charge in [-0.05, 0) is 6.07 Å². The highest BCUT2D eigenvalue weighted by molar-refractivity contribution is 8.01. The third-order valence-electron chi connectivity index (χ3n) is 3.48. The Bertz CT molecular complexity index is 1020. The van der Waals surface area contributed by atoms with Crippen LogP contribution in [0.15, 0.2) is 51.2 Å². The summed E-state index contributed by atoms with van der Waals surface area (Å²) >= 11 is 2.45. The minimum atomic E-state index is -0.716. The number of carbonyl (C=O) groups excluding carboxylic acids is 2. The predicted octanol–water partition coefficient (Wildman–Crippen LogP) is 3.40. The summed E-state index contributed by atoms with van der Waals surface area (Å²) in [6.07, 6.45) is 0. The first-order valence-corrected chi connectivity index (χ1v) is 9.73. The molecule has 0 fully saturated rings. The zero-order valence-corrected chi connectivity index (χ0v) is 16.1. The maximum Gasteiger partial charge on any atom is 0.433 e. The Balaban J connectivity index is 1.86. The number of nitro groups is 1. The van der Waals surface area contributed by atoms with E-state index in [-0.39, 0.29) is 17.4 Å². The van der Waals surface area contributed by atoms with Crippen LogP contribution in [0.25, 0.3) is 11.3 Å². The van der Waals surface area contributed by atoms with Crippen molar-refractivity contribution in [2.45, 2.75) is 4.34 Å². The average Bonchev–Trinajstić information content (AvgIpc) is 3.34. The molecule has 0 radical (unpaired) electrons. The SMILES string of the molecule is CNC(=O)CSc1nc(-c2ccccc2)c(NC(=O)c2ccc([N+](=O)[O-])o2)s1. The standard InChI is InChI=1S/C17H14N4O5S2/c1-18-12(22)9-27-17-19-14(10-5-3-2-4-6-10)16(28-17)20-15(23)11-7-8-13(26-11)21(24)25/h2-8H,9H2,1H3,(H,18,22)(H,20,23). The van der Waals surface area contributed by atoms with Crippen LogP contribution in [0.5, 0.6) is 0 Å². The first-order chi connectivity index (χ1) is 13.5. The summed E-state index contributed by atoms with van der Waals surface area (Å²) in [5, 5.41) is 16.4. The van der Waals surface area contributed by atoms with E-state index < -0.39 is 16.7 Å². The summed E-state index contributed by atoms with van der Waals surface area (Å²) in [6, 6.07) is 11.6. The molecule has 0 bridgehead atoms. The van der Waals surface area contributed by atoms with Gasteiger partial charge in [-0.2, -0.15) is 0 Å². The monoisotopic (exact) mass is 418 g/mol. The van der Waals surface area contributed by atoms with Crippen LogP contribution in [0.3, 0.4) is 0 Å². The third-order valence-corrected chi connectivity index (χ3v) is 5.60. The Morgan fingerprint density at radius 1 is 1.25 bits per heavy atom. The lowest BCUT2D eigenvalue weighted by Gasteiger charge is -2.03. The lowest BCUT2D eigenvalue weighted by atomic mass is 10.2. The first kappa shape index (κ1) is 19.6. The van der Waals surface area contributed by atoms with Crippen molar-refractivity contribution in [1.82, 2.24) is 10.3 Å². The second-order valence-corrected chi connectivity index (χ2v) is 7.56. The van der Waals surface area contributed by atoms with Gasteiger partial charge < -0.3 is 15.1 Å². The molecule has 11 heteroatoms. The molecule has 3 aromatic rings. The van der Waals surface area contributed by atoms with Crippen LogP contribution in [0.4, 0.5) is 10.9 Å². The number of thiazole rings is 1. The molecule has 0 aliphatic carbocycles. The Morgan fingerprint density at radius 2 is 2.00 bits per heavy atom. The smallest absolute Gasteiger partial charge is 0.395 e. The molecule has 2 N–H and O–H groups in total. The molecule has 28 heavy (non-hydrogen) atoms. The molecule has 2 amide bonds. The van der Waals surface area contributed by atoms with Gasteiger partial charge in [-0.15, -0.1) is 0 Å². The number of aromatic nitrogens is 1. The lowest BCUT2D eigenvalue weighted by molar-refractivity contribution is -0.402. The van der Waals surface area contributed by atoms with Gasteiger partial charge in [-0.25, -0.2) is 4.98 Å². The van der Waals surface area contributed by atoms with Crippen molar-refractivity contribution >= 4 is 45.8 Å². The van der Waals surface area contributed by atoms with E-state index in [1.807, 2.05) is 30.3 Å². The number of hydrogen-bond donors (Lipinski definition) is 2. The van der Waals surface area contributed by atoms with Crippen LogP contribution in [0.2, 0.25) is 0 Å². The van der Waals surface area contributed by atoms with E-state index >= 15 is 0 Å². The number of furan rings is 1. The highest BCUT2D eigenvalue weighted by atomic mass is 32.2. The molecule has 0 unspecified atom stereocenters. The topological polar surface area (TPSA) is 127 Å². The number of benzene rings is 1. The summed E-state index contributed by atoms with van der Waals surface area (Å²) in [7, 11) is 1.55. The van der Waals surface area contributed by atoms with Crippen molar-refractivity contribution in [3.05, 3.63) is 58.3 Å². The first-order valence-electron chi connectivity index (χ1n) is 7.93. The van der Waals surface area contributed by atoms with Crippen LogP contribution in [0, 0.1) is 10.1 Å². The van der Waals surface area contributed by atoms with Crippen LogP contribution in [-0.4, -0.2) is 34.5 Å². The molecule has 144 valence electrons. The molecule has 0 saturated heterocycles. The molecule has 3 rings (SSSR count). The van der Waals surface area contributed by atoms with E-state index in [0.717, 1.165) is 11.6 Å². The number of anilines is 1. The van der Waals surface area contributed by atoms with Gasteiger partial charge in [0.05, 0.1) is 11.8 Å². The molecule has 0 spiro atoms. The van der Waals surface area contributed by atoms with Gasteiger partial charge in [0.1, 0.15) is 15.6 Å². The Hall–Kier alpha value is -3.18. The molecule has 9 nitrogen and oxygen atoms in total. The summed E-state index contributed by atoms with van der Waals surface area (Å²) in [5.74, 6) is -1.28. The molecule has 0 atom stereocenters. The summed E-state index contributed by atoms with van der Waals surface area (Å²) < 4.78 is 5.54. The molecule has 0 aliphatic heterocycles. The number of rotatable bonds is 7. The number of nitrogens with one attached hydrogen (secondary N) is 2. The Kier molecular flexibility index (Phi) is 6.06. The maximum absolute atomic E-state index is 12.4. The van der Waals surface area contributed by atoms with Gasteiger partial charge in [0.2, 0.25) is 5.91 Å². The average molecular weight is 418 g/mol. The van der Waals surface area contributed by atoms with Gasteiger partial charge >= 0.3 is 5.88 Å². The van der Waals surface area contributed by atoms with Crippen molar-refractivity contribution in [2.75, 3.05) is 18.1 Å². The molecule has 2 heterocycles. The number of carbonyl (C=O) groups is 2. The van der Waals surface area contributed by atoms with E-state index in [4.69, 9.17) is 4.42 Å². The second-order valence-electron chi connectivity index (χ2n) is 5.33. The van der Waals surface area contributed by atoms with Crippen molar-refractivity contribution in [1.29, 1.82) is 0 Å².